The molecule has 2 atom stereocenters. The molecule has 0 aliphatic carbocycles. The number of hydrogen-bond acceptors (Lipinski definition) is 3. The zero-order valence-corrected chi connectivity index (χ0v) is 12.6. The molecule has 1 heterocycles. The van der Waals surface area contributed by atoms with E-state index in [1.807, 2.05) is 0 Å². The van der Waals surface area contributed by atoms with Crippen LogP contribution < -0.4 is 5.32 Å². The lowest BCUT2D eigenvalue weighted by Gasteiger charge is -2.36. The second-order valence-corrected chi connectivity index (χ2v) is 5.65. The van der Waals surface area contributed by atoms with E-state index in [4.69, 9.17) is 4.74 Å². The van der Waals surface area contributed by atoms with Crippen LogP contribution in [0.15, 0.2) is 0 Å². The largest absolute Gasteiger partial charge is 0.385 e. The van der Waals surface area contributed by atoms with Gasteiger partial charge in [0.15, 0.2) is 0 Å². The van der Waals surface area contributed by atoms with Gasteiger partial charge in [0, 0.05) is 26.3 Å². The average Bonchev–Trinajstić information content (AvgIpc) is 2.39. The summed E-state index contributed by atoms with van der Waals surface area (Å²) in [7, 11) is 1.78. The number of methoxy groups -OCH3 is 1. The van der Waals surface area contributed by atoms with Crippen LogP contribution in [-0.4, -0.2) is 50.8 Å². The van der Waals surface area contributed by atoms with Gasteiger partial charge in [-0.25, -0.2) is 0 Å². The lowest BCUT2D eigenvalue weighted by molar-refractivity contribution is 0.150. The molecule has 1 fully saturated rings. The van der Waals surface area contributed by atoms with Gasteiger partial charge in [0.05, 0.1) is 0 Å². The zero-order chi connectivity index (χ0) is 13.2. The molecule has 18 heavy (non-hydrogen) atoms. The second-order valence-electron chi connectivity index (χ2n) is 5.65. The molecular weight excluding hydrogens is 224 g/mol. The Morgan fingerprint density at radius 3 is 2.94 bits per heavy atom. The monoisotopic (exact) mass is 256 g/mol. The number of ether oxygens (including phenoxy) is 1. The smallest absolute Gasteiger partial charge is 0.0462 e. The highest BCUT2D eigenvalue weighted by molar-refractivity contribution is 4.80. The molecule has 0 aromatic carbocycles. The predicted octanol–water partition coefficient (Wildman–Crippen LogP) is 2.51. The molecule has 0 spiro atoms. The van der Waals surface area contributed by atoms with Crippen molar-refractivity contribution in [1.29, 1.82) is 0 Å². The fourth-order valence-electron chi connectivity index (χ4n) is 2.89. The third-order valence-corrected chi connectivity index (χ3v) is 4.03. The maximum atomic E-state index is 5.07. The van der Waals surface area contributed by atoms with Crippen LogP contribution in [0.2, 0.25) is 0 Å². The molecule has 1 aliphatic heterocycles. The Morgan fingerprint density at radius 1 is 1.39 bits per heavy atom. The number of nitrogens with one attached hydrogen (secondary N) is 1. The first kappa shape index (κ1) is 15.9. The molecule has 0 bridgehead atoms. The minimum atomic E-state index is 0.659. The molecule has 0 aromatic heterocycles. The van der Waals surface area contributed by atoms with Crippen LogP contribution in [0, 0.1) is 5.92 Å². The van der Waals surface area contributed by atoms with Crippen LogP contribution in [0.5, 0.6) is 0 Å². The zero-order valence-electron chi connectivity index (χ0n) is 12.6. The van der Waals surface area contributed by atoms with Crippen LogP contribution in [0.1, 0.15) is 46.0 Å². The van der Waals surface area contributed by atoms with E-state index >= 15 is 0 Å². The van der Waals surface area contributed by atoms with Crippen LogP contribution >= 0.6 is 0 Å². The standard InChI is InChI=1S/C15H32N2O/c1-4-10-17-11-7-8-15(13-17)14(2)16-9-5-6-12-18-3/h14-16H,4-13H2,1-3H3. The summed E-state index contributed by atoms with van der Waals surface area (Å²) in [5.74, 6) is 0.840. The van der Waals surface area contributed by atoms with Crippen molar-refractivity contribution in [2.24, 2.45) is 5.92 Å². The molecule has 0 radical (unpaired) electrons. The van der Waals surface area contributed by atoms with Gasteiger partial charge in [-0.3, -0.25) is 0 Å². The van der Waals surface area contributed by atoms with Gasteiger partial charge in [0.1, 0.15) is 0 Å². The molecule has 0 aromatic rings. The third kappa shape index (κ3) is 6.17. The molecule has 108 valence electrons. The molecule has 0 saturated carbocycles. The number of unbranched alkanes of at least 4 members (excludes halogenated alkanes) is 1. The van der Waals surface area contributed by atoms with Crippen molar-refractivity contribution in [3.8, 4) is 0 Å². The molecule has 0 amide bonds. The molecule has 2 unspecified atom stereocenters. The fourth-order valence-corrected chi connectivity index (χ4v) is 2.89. The minimum Gasteiger partial charge on any atom is -0.385 e. The van der Waals surface area contributed by atoms with Crippen molar-refractivity contribution >= 4 is 0 Å². The van der Waals surface area contributed by atoms with Crippen molar-refractivity contribution in [2.75, 3.05) is 39.9 Å². The molecule has 1 saturated heterocycles. The lowest BCUT2D eigenvalue weighted by atomic mass is 9.91. The molecule has 1 rings (SSSR count). The maximum absolute atomic E-state index is 5.07. The summed E-state index contributed by atoms with van der Waals surface area (Å²) >= 11 is 0. The Hall–Kier alpha value is -0.120. The highest BCUT2D eigenvalue weighted by Crippen LogP contribution is 2.19. The van der Waals surface area contributed by atoms with Gasteiger partial charge >= 0.3 is 0 Å². The summed E-state index contributed by atoms with van der Waals surface area (Å²) in [4.78, 5) is 2.64. The molecule has 1 N–H and O–H groups in total. The lowest BCUT2D eigenvalue weighted by Crippen LogP contribution is -2.44. The van der Waals surface area contributed by atoms with Crippen molar-refractivity contribution < 1.29 is 4.74 Å². The van der Waals surface area contributed by atoms with Gasteiger partial charge in [-0.05, 0) is 64.6 Å². The summed E-state index contributed by atoms with van der Waals surface area (Å²) < 4.78 is 5.07. The minimum absolute atomic E-state index is 0.659. The summed E-state index contributed by atoms with van der Waals surface area (Å²) in [6, 6.07) is 0.659. The van der Waals surface area contributed by atoms with Crippen LogP contribution in [0.3, 0.4) is 0 Å². The third-order valence-electron chi connectivity index (χ3n) is 4.03. The normalized spacial score (nSPS) is 23.2. The summed E-state index contributed by atoms with van der Waals surface area (Å²) in [5.41, 5.74) is 0. The van der Waals surface area contributed by atoms with Gasteiger partial charge in [-0.1, -0.05) is 6.92 Å². The highest BCUT2D eigenvalue weighted by atomic mass is 16.5. The van der Waals surface area contributed by atoms with Crippen molar-refractivity contribution in [2.45, 2.75) is 52.0 Å². The van der Waals surface area contributed by atoms with Gasteiger partial charge in [-0.2, -0.15) is 0 Å². The van der Waals surface area contributed by atoms with E-state index in [0.717, 1.165) is 19.1 Å². The molecule has 3 nitrogen and oxygen atoms in total. The van der Waals surface area contributed by atoms with Crippen molar-refractivity contribution in [3.05, 3.63) is 0 Å². The number of piperidine rings is 1. The topological polar surface area (TPSA) is 24.5 Å². The number of rotatable bonds is 9. The quantitative estimate of drug-likeness (QED) is 0.642. The first-order chi connectivity index (χ1) is 8.77. The van der Waals surface area contributed by atoms with E-state index in [9.17, 15) is 0 Å². The maximum Gasteiger partial charge on any atom is 0.0462 e. The average molecular weight is 256 g/mol. The Balaban J connectivity index is 2.13. The second kappa shape index (κ2) is 9.76. The Kier molecular flexibility index (Phi) is 8.64. The Labute approximate surface area is 113 Å². The highest BCUT2D eigenvalue weighted by Gasteiger charge is 2.23. The van der Waals surface area contributed by atoms with E-state index in [1.54, 1.807) is 7.11 Å². The number of likely N-dealkylation sites (tertiary alicyclic amines) is 1. The fraction of sp³-hybridized carbons (Fsp3) is 1.00. The molecule has 3 heteroatoms. The Bertz CT molecular complexity index is 197. The van der Waals surface area contributed by atoms with E-state index in [1.165, 1.54) is 51.7 Å². The molecular formula is C15H32N2O. The Morgan fingerprint density at radius 2 is 2.22 bits per heavy atom. The van der Waals surface area contributed by atoms with E-state index in [0.29, 0.717) is 6.04 Å². The van der Waals surface area contributed by atoms with Crippen LogP contribution in [0.4, 0.5) is 0 Å². The number of hydrogen-bond donors (Lipinski definition) is 1. The van der Waals surface area contributed by atoms with Crippen molar-refractivity contribution in [3.63, 3.8) is 0 Å². The number of nitrogens with zero attached hydrogens (tertiary/aromatic N) is 1. The summed E-state index contributed by atoms with van der Waals surface area (Å²) in [6.07, 6.45) is 6.45. The van der Waals surface area contributed by atoms with E-state index < -0.39 is 0 Å². The van der Waals surface area contributed by atoms with Gasteiger partial charge < -0.3 is 15.0 Å². The van der Waals surface area contributed by atoms with Crippen molar-refractivity contribution in [1.82, 2.24) is 10.2 Å². The summed E-state index contributed by atoms with van der Waals surface area (Å²) in [6.45, 7) is 10.5. The van der Waals surface area contributed by atoms with Gasteiger partial charge in [0.2, 0.25) is 0 Å². The first-order valence-corrected chi connectivity index (χ1v) is 7.72. The predicted molar refractivity (Wildman–Crippen MR) is 78.0 cm³/mol. The van der Waals surface area contributed by atoms with Gasteiger partial charge in [0.25, 0.3) is 0 Å². The molecule has 1 aliphatic rings. The van der Waals surface area contributed by atoms with Gasteiger partial charge in [-0.15, -0.1) is 0 Å². The van der Waals surface area contributed by atoms with Crippen LogP contribution in [-0.2, 0) is 4.74 Å². The van der Waals surface area contributed by atoms with E-state index in [2.05, 4.69) is 24.1 Å². The SMILES string of the molecule is CCCN1CCCC(C(C)NCCCCOC)C1. The first-order valence-electron chi connectivity index (χ1n) is 7.72. The summed E-state index contributed by atoms with van der Waals surface area (Å²) in [5, 5.41) is 3.69. The van der Waals surface area contributed by atoms with Crippen LogP contribution in [0.25, 0.3) is 0 Å². The van der Waals surface area contributed by atoms with E-state index in [-0.39, 0.29) is 0 Å².